The molecule has 0 heterocycles. The SMILES string of the molecule is CC(O)c1ccc(OCc2ccc(Br)cc2Cl)cc1F. The Hall–Kier alpha value is -1.10. The van der Waals surface area contributed by atoms with Crippen molar-refractivity contribution in [1.82, 2.24) is 0 Å². The second kappa shape index (κ2) is 6.57. The Bertz CT molecular complexity index is 617. The number of benzene rings is 2. The molecule has 0 aliphatic rings. The number of ether oxygens (including phenoxy) is 1. The Morgan fingerprint density at radius 1 is 1.30 bits per heavy atom. The molecule has 0 aromatic heterocycles. The Kier molecular flexibility index (Phi) is 5.02. The molecule has 0 spiro atoms. The van der Waals surface area contributed by atoms with Gasteiger partial charge in [0.25, 0.3) is 0 Å². The van der Waals surface area contributed by atoms with Gasteiger partial charge in [0.05, 0.1) is 6.10 Å². The predicted molar refractivity (Wildman–Crippen MR) is 80.5 cm³/mol. The van der Waals surface area contributed by atoms with Crippen molar-refractivity contribution in [2.24, 2.45) is 0 Å². The fourth-order valence-corrected chi connectivity index (χ4v) is 2.46. The van der Waals surface area contributed by atoms with Gasteiger partial charge in [-0.15, -0.1) is 0 Å². The topological polar surface area (TPSA) is 29.5 Å². The summed E-state index contributed by atoms with van der Waals surface area (Å²) in [5, 5.41) is 9.95. The zero-order valence-electron chi connectivity index (χ0n) is 10.7. The predicted octanol–water partition coefficient (Wildman–Crippen LogP) is 4.87. The van der Waals surface area contributed by atoms with E-state index in [-0.39, 0.29) is 12.2 Å². The van der Waals surface area contributed by atoms with E-state index in [0.717, 1.165) is 10.0 Å². The van der Waals surface area contributed by atoms with Crippen molar-refractivity contribution in [1.29, 1.82) is 0 Å². The monoisotopic (exact) mass is 358 g/mol. The van der Waals surface area contributed by atoms with Crippen LogP contribution in [0.4, 0.5) is 4.39 Å². The molecule has 0 amide bonds. The van der Waals surface area contributed by atoms with Crippen molar-refractivity contribution < 1.29 is 14.2 Å². The van der Waals surface area contributed by atoms with Crippen LogP contribution in [0.15, 0.2) is 40.9 Å². The van der Waals surface area contributed by atoms with Gasteiger partial charge in [-0.05, 0) is 31.2 Å². The van der Waals surface area contributed by atoms with E-state index in [1.807, 2.05) is 12.1 Å². The molecule has 0 saturated heterocycles. The molecule has 2 nitrogen and oxygen atoms in total. The van der Waals surface area contributed by atoms with E-state index in [0.29, 0.717) is 10.8 Å². The minimum Gasteiger partial charge on any atom is -0.489 e. The van der Waals surface area contributed by atoms with Crippen LogP contribution in [-0.4, -0.2) is 5.11 Å². The summed E-state index contributed by atoms with van der Waals surface area (Å²) >= 11 is 9.40. The second-order valence-corrected chi connectivity index (χ2v) is 5.71. The minimum absolute atomic E-state index is 0.249. The molecule has 1 atom stereocenters. The Labute approximate surface area is 130 Å². The zero-order valence-corrected chi connectivity index (χ0v) is 13.1. The maximum absolute atomic E-state index is 13.7. The summed E-state index contributed by atoms with van der Waals surface area (Å²) in [5.74, 6) is -0.0923. The summed E-state index contributed by atoms with van der Waals surface area (Å²) < 4.78 is 20.1. The third-order valence-electron chi connectivity index (χ3n) is 2.83. The Morgan fingerprint density at radius 3 is 2.65 bits per heavy atom. The van der Waals surface area contributed by atoms with Crippen LogP contribution < -0.4 is 4.74 Å². The van der Waals surface area contributed by atoms with Gasteiger partial charge >= 0.3 is 0 Å². The van der Waals surface area contributed by atoms with Crippen molar-refractivity contribution in [2.75, 3.05) is 0 Å². The van der Waals surface area contributed by atoms with E-state index in [1.54, 1.807) is 12.1 Å². The lowest BCUT2D eigenvalue weighted by atomic mass is 10.1. The third kappa shape index (κ3) is 3.72. The van der Waals surface area contributed by atoms with Crippen molar-refractivity contribution in [3.8, 4) is 5.75 Å². The molecule has 5 heteroatoms. The number of aliphatic hydroxyl groups excluding tert-OH is 1. The fraction of sp³-hybridized carbons (Fsp3) is 0.200. The first-order valence-corrected chi connectivity index (χ1v) is 7.18. The van der Waals surface area contributed by atoms with Crippen molar-refractivity contribution in [3.63, 3.8) is 0 Å². The molecule has 20 heavy (non-hydrogen) atoms. The van der Waals surface area contributed by atoms with Crippen LogP contribution in [0.1, 0.15) is 24.2 Å². The number of rotatable bonds is 4. The standard InChI is InChI=1S/C15H13BrClFO2/c1-9(19)13-5-4-12(7-15(13)18)20-8-10-2-3-11(16)6-14(10)17/h2-7,9,19H,8H2,1H3. The first-order chi connectivity index (χ1) is 9.47. The molecule has 0 saturated carbocycles. The molecule has 0 aliphatic heterocycles. The van der Waals surface area contributed by atoms with Gasteiger partial charge in [0.1, 0.15) is 18.2 Å². The number of halogens is 3. The highest BCUT2D eigenvalue weighted by Gasteiger charge is 2.09. The molecule has 106 valence electrons. The molecular weight excluding hydrogens is 347 g/mol. The van der Waals surface area contributed by atoms with Crippen LogP contribution in [-0.2, 0) is 6.61 Å². The number of hydrogen-bond acceptors (Lipinski definition) is 2. The number of hydrogen-bond donors (Lipinski definition) is 1. The average molecular weight is 360 g/mol. The molecular formula is C15H13BrClFO2. The van der Waals surface area contributed by atoms with Crippen molar-refractivity contribution in [3.05, 3.63) is 62.8 Å². The summed E-state index contributed by atoms with van der Waals surface area (Å²) in [5.41, 5.74) is 1.06. The fourth-order valence-electron chi connectivity index (χ4n) is 1.74. The lowest BCUT2D eigenvalue weighted by Crippen LogP contribution is -1.99. The minimum atomic E-state index is -0.843. The second-order valence-electron chi connectivity index (χ2n) is 4.38. The smallest absolute Gasteiger partial charge is 0.132 e. The van der Waals surface area contributed by atoms with Gasteiger partial charge in [0.15, 0.2) is 0 Å². The summed E-state index contributed by atoms with van der Waals surface area (Å²) in [7, 11) is 0. The van der Waals surface area contributed by atoms with Crippen LogP contribution >= 0.6 is 27.5 Å². The lowest BCUT2D eigenvalue weighted by molar-refractivity contribution is 0.194. The quantitative estimate of drug-likeness (QED) is 0.843. The van der Waals surface area contributed by atoms with Gasteiger partial charge in [-0.1, -0.05) is 33.6 Å². The van der Waals surface area contributed by atoms with E-state index in [9.17, 15) is 9.50 Å². The van der Waals surface area contributed by atoms with Crippen LogP contribution in [0.3, 0.4) is 0 Å². The zero-order chi connectivity index (χ0) is 14.7. The third-order valence-corrected chi connectivity index (χ3v) is 3.68. The summed E-state index contributed by atoms with van der Waals surface area (Å²) in [6.45, 7) is 1.76. The van der Waals surface area contributed by atoms with E-state index in [4.69, 9.17) is 16.3 Å². The molecule has 1 N–H and O–H groups in total. The lowest BCUT2D eigenvalue weighted by Gasteiger charge is -2.11. The van der Waals surface area contributed by atoms with Crippen LogP contribution in [0.25, 0.3) is 0 Å². The molecule has 2 rings (SSSR count). The Morgan fingerprint density at radius 2 is 2.05 bits per heavy atom. The highest BCUT2D eigenvalue weighted by Crippen LogP contribution is 2.25. The molecule has 2 aromatic rings. The maximum atomic E-state index is 13.7. The normalized spacial score (nSPS) is 12.2. The van der Waals surface area contributed by atoms with E-state index >= 15 is 0 Å². The maximum Gasteiger partial charge on any atom is 0.132 e. The average Bonchev–Trinajstić information content (AvgIpc) is 2.37. The summed E-state index contributed by atoms with van der Waals surface area (Å²) in [6, 6.07) is 9.87. The highest BCUT2D eigenvalue weighted by molar-refractivity contribution is 9.10. The Balaban J connectivity index is 2.09. The van der Waals surface area contributed by atoms with E-state index in [2.05, 4.69) is 15.9 Å². The first-order valence-electron chi connectivity index (χ1n) is 6.01. The number of aliphatic hydroxyl groups is 1. The van der Waals surface area contributed by atoms with Crippen LogP contribution in [0.5, 0.6) is 5.75 Å². The molecule has 0 bridgehead atoms. The molecule has 0 fully saturated rings. The van der Waals surface area contributed by atoms with E-state index < -0.39 is 11.9 Å². The van der Waals surface area contributed by atoms with Gasteiger partial charge in [0, 0.05) is 26.7 Å². The largest absolute Gasteiger partial charge is 0.489 e. The first kappa shape index (κ1) is 15.3. The molecule has 2 aromatic carbocycles. The van der Waals surface area contributed by atoms with Crippen LogP contribution in [0, 0.1) is 5.82 Å². The summed E-state index contributed by atoms with van der Waals surface area (Å²) in [4.78, 5) is 0. The van der Waals surface area contributed by atoms with Gasteiger partial charge < -0.3 is 9.84 Å². The molecule has 1 unspecified atom stereocenters. The van der Waals surface area contributed by atoms with Gasteiger partial charge in [0.2, 0.25) is 0 Å². The van der Waals surface area contributed by atoms with Gasteiger partial charge in [-0.2, -0.15) is 0 Å². The van der Waals surface area contributed by atoms with E-state index in [1.165, 1.54) is 19.1 Å². The summed E-state index contributed by atoms with van der Waals surface area (Å²) in [6.07, 6.45) is -0.843. The van der Waals surface area contributed by atoms with Crippen molar-refractivity contribution >= 4 is 27.5 Å². The van der Waals surface area contributed by atoms with Gasteiger partial charge in [-0.25, -0.2) is 4.39 Å². The molecule has 0 radical (unpaired) electrons. The molecule has 0 aliphatic carbocycles. The van der Waals surface area contributed by atoms with Crippen molar-refractivity contribution in [2.45, 2.75) is 19.6 Å². The highest BCUT2D eigenvalue weighted by atomic mass is 79.9. The van der Waals surface area contributed by atoms with Crippen LogP contribution in [0.2, 0.25) is 5.02 Å². The van der Waals surface area contributed by atoms with Gasteiger partial charge in [-0.3, -0.25) is 0 Å².